The second-order valence-electron chi connectivity index (χ2n) is 3.74. The molecule has 82 valence electrons. The number of benzene rings is 1. The van der Waals surface area contributed by atoms with E-state index in [1.54, 1.807) is 19.9 Å². The number of carbonyl (C=O) groups excluding carboxylic acids is 1. The third-order valence-electron chi connectivity index (χ3n) is 2.05. The zero-order chi connectivity index (χ0) is 11.5. The number of fused-ring (bicyclic) bond motifs is 1. The summed E-state index contributed by atoms with van der Waals surface area (Å²) in [7, 11) is 0. The summed E-state index contributed by atoms with van der Waals surface area (Å²) in [4.78, 5) is 11.6. The van der Waals surface area contributed by atoms with Crippen LogP contribution in [0.5, 0.6) is 0 Å². The van der Waals surface area contributed by atoms with Gasteiger partial charge in [0.1, 0.15) is 0 Å². The average molecular weight is 216 g/mol. The minimum Gasteiger partial charge on any atom is -0.458 e. The summed E-state index contributed by atoms with van der Waals surface area (Å²) in [5, 5.41) is 8.68. The Labute approximate surface area is 93.3 Å². The summed E-state index contributed by atoms with van der Waals surface area (Å²) in [5.41, 5.74) is 1.01. The molecule has 0 aliphatic carbocycles. The highest BCUT2D eigenvalue weighted by molar-refractivity contribution is 5.91. The van der Waals surface area contributed by atoms with Crippen LogP contribution >= 0.6 is 0 Å². The first-order valence-electron chi connectivity index (χ1n) is 5.10. The number of ether oxygens (including phenoxy) is 1. The van der Waals surface area contributed by atoms with E-state index in [0.29, 0.717) is 0 Å². The number of nitrogens with zero attached hydrogens (tertiary/aromatic N) is 2. The van der Waals surface area contributed by atoms with Crippen LogP contribution < -0.4 is 0 Å². The van der Waals surface area contributed by atoms with Gasteiger partial charge in [-0.3, -0.25) is 0 Å². The van der Waals surface area contributed by atoms with E-state index in [2.05, 4.69) is 10.2 Å². The third-order valence-corrected chi connectivity index (χ3v) is 2.05. The van der Waals surface area contributed by atoms with Gasteiger partial charge >= 0.3 is 5.97 Å². The summed E-state index contributed by atoms with van der Waals surface area (Å²) < 4.78 is 5.04. The van der Waals surface area contributed by atoms with E-state index in [-0.39, 0.29) is 11.8 Å². The second kappa shape index (κ2) is 4.26. The number of rotatable bonds is 2. The number of hydrogen-bond acceptors (Lipinski definition) is 4. The van der Waals surface area contributed by atoms with Crippen LogP contribution in [0.1, 0.15) is 24.3 Å². The summed E-state index contributed by atoms with van der Waals surface area (Å²) in [6.45, 7) is 3.60. The van der Waals surface area contributed by atoms with Crippen molar-refractivity contribution in [1.82, 2.24) is 10.2 Å². The van der Waals surface area contributed by atoms with Crippen LogP contribution in [0.2, 0.25) is 0 Å². The predicted molar refractivity (Wildman–Crippen MR) is 60.1 cm³/mol. The second-order valence-corrected chi connectivity index (χ2v) is 3.74. The highest BCUT2D eigenvalue weighted by Crippen LogP contribution is 2.11. The molecule has 2 rings (SSSR count). The van der Waals surface area contributed by atoms with Gasteiger partial charge in [-0.2, -0.15) is 0 Å². The maximum atomic E-state index is 11.6. The fraction of sp³-hybridized carbons (Fsp3) is 0.250. The molecular formula is C12H12N2O2. The molecule has 4 heteroatoms. The molecule has 0 aliphatic rings. The lowest BCUT2D eigenvalue weighted by Gasteiger charge is -2.06. The lowest BCUT2D eigenvalue weighted by molar-refractivity contribution is 0.0370. The monoisotopic (exact) mass is 216 g/mol. The van der Waals surface area contributed by atoms with Crippen molar-refractivity contribution >= 4 is 16.9 Å². The molecule has 16 heavy (non-hydrogen) atoms. The molecule has 0 atom stereocenters. The molecule has 0 amide bonds. The predicted octanol–water partition coefficient (Wildman–Crippen LogP) is 2.20. The van der Waals surface area contributed by atoms with Crippen LogP contribution in [0.15, 0.2) is 30.3 Å². The first-order valence-corrected chi connectivity index (χ1v) is 5.10. The summed E-state index contributed by atoms with van der Waals surface area (Å²) in [6.07, 6.45) is -0.152. The molecule has 0 unspecified atom stereocenters. The van der Waals surface area contributed by atoms with E-state index < -0.39 is 5.97 Å². The highest BCUT2D eigenvalue weighted by Gasteiger charge is 2.11. The number of carbonyl (C=O) groups is 1. The molecule has 2 aromatic rings. The normalized spacial score (nSPS) is 10.7. The van der Waals surface area contributed by atoms with E-state index in [4.69, 9.17) is 4.74 Å². The Morgan fingerprint density at radius 1 is 1.25 bits per heavy atom. The van der Waals surface area contributed by atoms with Gasteiger partial charge in [0, 0.05) is 5.39 Å². The maximum Gasteiger partial charge on any atom is 0.359 e. The molecule has 0 N–H and O–H groups in total. The molecule has 1 aromatic heterocycles. The Balaban J connectivity index is 2.35. The smallest absolute Gasteiger partial charge is 0.359 e. The van der Waals surface area contributed by atoms with Crippen molar-refractivity contribution in [1.29, 1.82) is 0 Å². The van der Waals surface area contributed by atoms with E-state index in [9.17, 15) is 4.79 Å². The zero-order valence-electron chi connectivity index (χ0n) is 9.18. The van der Waals surface area contributed by atoms with Crippen molar-refractivity contribution < 1.29 is 9.53 Å². The topological polar surface area (TPSA) is 52.1 Å². The van der Waals surface area contributed by atoms with Crippen molar-refractivity contribution in [2.75, 3.05) is 0 Å². The maximum absolute atomic E-state index is 11.6. The lowest BCUT2D eigenvalue weighted by Crippen LogP contribution is -2.13. The van der Waals surface area contributed by atoms with Crippen molar-refractivity contribution in [3.8, 4) is 0 Å². The van der Waals surface area contributed by atoms with Gasteiger partial charge < -0.3 is 4.74 Å². The molecule has 1 aromatic carbocycles. The van der Waals surface area contributed by atoms with Crippen LogP contribution in [-0.4, -0.2) is 22.3 Å². The fourth-order valence-corrected chi connectivity index (χ4v) is 1.36. The van der Waals surface area contributed by atoms with Crippen molar-refractivity contribution in [3.05, 3.63) is 36.0 Å². The Morgan fingerprint density at radius 3 is 2.75 bits per heavy atom. The first-order chi connectivity index (χ1) is 7.66. The highest BCUT2D eigenvalue weighted by atomic mass is 16.5. The Hall–Kier alpha value is -1.97. The molecule has 0 spiro atoms. The molecule has 4 nitrogen and oxygen atoms in total. The van der Waals surface area contributed by atoms with Gasteiger partial charge in [0.2, 0.25) is 0 Å². The lowest BCUT2D eigenvalue weighted by atomic mass is 10.2. The van der Waals surface area contributed by atoms with Crippen LogP contribution in [0, 0.1) is 0 Å². The van der Waals surface area contributed by atoms with Crippen LogP contribution in [0.4, 0.5) is 0 Å². The van der Waals surface area contributed by atoms with Gasteiger partial charge in [-0.1, -0.05) is 18.2 Å². The SMILES string of the molecule is CC(C)OC(=O)c1cc2ccccc2nn1. The fourth-order valence-electron chi connectivity index (χ4n) is 1.36. The average Bonchev–Trinajstić information content (AvgIpc) is 2.27. The zero-order valence-corrected chi connectivity index (χ0v) is 9.18. The largest absolute Gasteiger partial charge is 0.458 e. The number of aromatic nitrogens is 2. The Kier molecular flexibility index (Phi) is 2.81. The minimum absolute atomic E-state index is 0.152. The molecule has 0 radical (unpaired) electrons. The van der Waals surface area contributed by atoms with Crippen molar-refractivity contribution in [2.24, 2.45) is 0 Å². The third kappa shape index (κ3) is 2.16. The van der Waals surface area contributed by atoms with Gasteiger partial charge in [0.25, 0.3) is 0 Å². The number of hydrogen-bond donors (Lipinski definition) is 0. The van der Waals surface area contributed by atoms with Crippen molar-refractivity contribution in [3.63, 3.8) is 0 Å². The van der Waals surface area contributed by atoms with Crippen LogP contribution in [0.3, 0.4) is 0 Å². The molecule has 0 aliphatic heterocycles. The molecule has 0 bridgehead atoms. The van der Waals surface area contributed by atoms with Crippen molar-refractivity contribution in [2.45, 2.75) is 20.0 Å². The van der Waals surface area contributed by atoms with E-state index in [1.807, 2.05) is 24.3 Å². The minimum atomic E-state index is -0.437. The van der Waals surface area contributed by atoms with E-state index in [0.717, 1.165) is 10.9 Å². The number of esters is 1. The molecular weight excluding hydrogens is 204 g/mol. The summed E-state index contributed by atoms with van der Waals surface area (Å²) in [5.74, 6) is -0.437. The first kappa shape index (κ1) is 10.5. The van der Waals surface area contributed by atoms with E-state index in [1.165, 1.54) is 0 Å². The standard InChI is InChI=1S/C12H12N2O2/c1-8(2)16-12(15)11-7-9-5-3-4-6-10(9)13-14-11/h3-8H,1-2H3. The molecule has 0 saturated heterocycles. The quantitative estimate of drug-likeness (QED) is 0.722. The van der Waals surface area contributed by atoms with Gasteiger partial charge in [-0.25, -0.2) is 4.79 Å². The Morgan fingerprint density at radius 2 is 2.00 bits per heavy atom. The van der Waals surface area contributed by atoms with Gasteiger partial charge in [0.15, 0.2) is 5.69 Å². The van der Waals surface area contributed by atoms with Crippen LogP contribution in [0.25, 0.3) is 10.9 Å². The summed E-state index contributed by atoms with van der Waals surface area (Å²) in [6, 6.07) is 9.19. The van der Waals surface area contributed by atoms with Gasteiger partial charge in [0.05, 0.1) is 11.6 Å². The van der Waals surface area contributed by atoms with Crippen LogP contribution in [-0.2, 0) is 4.74 Å². The molecule has 1 heterocycles. The molecule has 0 fully saturated rings. The van der Waals surface area contributed by atoms with E-state index >= 15 is 0 Å². The van der Waals surface area contributed by atoms with Gasteiger partial charge in [-0.15, -0.1) is 10.2 Å². The Bertz CT molecular complexity index is 523. The van der Waals surface area contributed by atoms with Gasteiger partial charge in [-0.05, 0) is 26.0 Å². The molecule has 0 saturated carbocycles. The summed E-state index contributed by atoms with van der Waals surface area (Å²) >= 11 is 0.